The number of carbonyl (C=O) groups is 2. The number of hydrogen-bond acceptors (Lipinski definition) is 4. The maximum absolute atomic E-state index is 12.4. The third-order valence-electron chi connectivity index (χ3n) is 3.21. The van der Waals surface area contributed by atoms with Crippen LogP contribution in [0.5, 0.6) is 0 Å². The average Bonchev–Trinajstić information content (AvgIpc) is 2.97. The summed E-state index contributed by atoms with van der Waals surface area (Å²) in [5.41, 5.74) is 0.690. The number of thioether (sulfide) groups is 1. The summed E-state index contributed by atoms with van der Waals surface area (Å²) in [7, 11) is 0. The van der Waals surface area contributed by atoms with Crippen LogP contribution in [0, 0.1) is 0 Å². The van der Waals surface area contributed by atoms with Gasteiger partial charge in [0.2, 0.25) is 5.91 Å². The standard InChI is InChI=1S/C15H19N3O2S/c1-3-6-11(2)15(20)18-10-21-9-12(18)14(19)17-13-7-4-5-8-16-13/h4-8,12H,3,9-10H2,1-2H3,(H,16,17,19)/b11-6+. The Morgan fingerprint density at radius 1 is 1.52 bits per heavy atom. The molecule has 21 heavy (non-hydrogen) atoms. The quantitative estimate of drug-likeness (QED) is 0.867. The van der Waals surface area contributed by atoms with Crippen molar-refractivity contribution >= 4 is 29.4 Å². The molecule has 1 saturated heterocycles. The van der Waals surface area contributed by atoms with Gasteiger partial charge in [-0.25, -0.2) is 4.98 Å². The molecule has 1 atom stereocenters. The molecule has 1 unspecified atom stereocenters. The van der Waals surface area contributed by atoms with Crippen LogP contribution < -0.4 is 5.32 Å². The summed E-state index contributed by atoms with van der Waals surface area (Å²) in [4.78, 5) is 30.4. The number of amides is 2. The highest BCUT2D eigenvalue weighted by Gasteiger charge is 2.35. The fourth-order valence-electron chi connectivity index (χ4n) is 2.13. The summed E-state index contributed by atoms with van der Waals surface area (Å²) in [6.07, 6.45) is 4.32. The van der Waals surface area contributed by atoms with Gasteiger partial charge in [-0.2, -0.15) is 0 Å². The topological polar surface area (TPSA) is 62.3 Å². The van der Waals surface area contributed by atoms with Gasteiger partial charge in [0.1, 0.15) is 11.9 Å². The van der Waals surface area contributed by atoms with E-state index in [1.165, 1.54) is 0 Å². The summed E-state index contributed by atoms with van der Waals surface area (Å²) < 4.78 is 0. The van der Waals surface area contributed by atoms with Gasteiger partial charge in [0, 0.05) is 17.5 Å². The number of aromatic nitrogens is 1. The number of carbonyl (C=O) groups excluding carboxylic acids is 2. The monoisotopic (exact) mass is 305 g/mol. The Bertz CT molecular complexity index is 545. The molecule has 0 aromatic carbocycles. The number of nitrogens with one attached hydrogen (secondary N) is 1. The Kier molecular flexibility index (Phi) is 5.38. The first-order valence-corrected chi connectivity index (χ1v) is 8.06. The molecule has 0 aliphatic carbocycles. The highest BCUT2D eigenvalue weighted by atomic mass is 32.2. The first-order valence-electron chi connectivity index (χ1n) is 6.91. The highest BCUT2D eigenvalue weighted by molar-refractivity contribution is 7.99. The van der Waals surface area contributed by atoms with Crippen molar-refractivity contribution in [1.29, 1.82) is 0 Å². The van der Waals surface area contributed by atoms with Crippen molar-refractivity contribution in [1.82, 2.24) is 9.88 Å². The van der Waals surface area contributed by atoms with Crippen LogP contribution in [0.15, 0.2) is 36.0 Å². The van der Waals surface area contributed by atoms with Gasteiger partial charge in [-0.1, -0.05) is 19.1 Å². The van der Waals surface area contributed by atoms with E-state index < -0.39 is 6.04 Å². The van der Waals surface area contributed by atoms with Crippen LogP contribution in [0.4, 0.5) is 5.82 Å². The molecule has 1 aliphatic heterocycles. The van der Waals surface area contributed by atoms with Gasteiger partial charge in [0.05, 0.1) is 5.88 Å². The molecule has 0 bridgehead atoms. The fourth-order valence-corrected chi connectivity index (χ4v) is 3.28. The smallest absolute Gasteiger partial charge is 0.250 e. The zero-order chi connectivity index (χ0) is 15.2. The summed E-state index contributed by atoms with van der Waals surface area (Å²) in [5, 5.41) is 2.76. The van der Waals surface area contributed by atoms with Crippen LogP contribution in [-0.4, -0.2) is 39.4 Å². The van der Waals surface area contributed by atoms with E-state index in [2.05, 4.69) is 10.3 Å². The van der Waals surface area contributed by atoms with E-state index in [4.69, 9.17) is 0 Å². The summed E-state index contributed by atoms with van der Waals surface area (Å²) in [6, 6.07) is 4.89. The third kappa shape index (κ3) is 3.85. The molecule has 1 aromatic rings. The van der Waals surface area contributed by atoms with Crippen molar-refractivity contribution in [3.63, 3.8) is 0 Å². The minimum absolute atomic E-state index is 0.0666. The second kappa shape index (κ2) is 7.26. The van der Waals surface area contributed by atoms with Crippen LogP contribution in [0.1, 0.15) is 20.3 Å². The Labute approximate surface area is 128 Å². The van der Waals surface area contributed by atoms with E-state index in [-0.39, 0.29) is 11.8 Å². The lowest BCUT2D eigenvalue weighted by Gasteiger charge is -2.23. The van der Waals surface area contributed by atoms with Crippen molar-refractivity contribution < 1.29 is 9.59 Å². The van der Waals surface area contributed by atoms with Crippen LogP contribution in [0.3, 0.4) is 0 Å². The summed E-state index contributed by atoms with van der Waals surface area (Å²) in [5.74, 6) is 1.42. The van der Waals surface area contributed by atoms with Gasteiger partial charge < -0.3 is 10.2 Å². The van der Waals surface area contributed by atoms with E-state index in [1.807, 2.05) is 19.1 Å². The number of nitrogens with zero attached hydrogens (tertiary/aromatic N) is 2. The number of hydrogen-bond donors (Lipinski definition) is 1. The van der Waals surface area contributed by atoms with Gasteiger partial charge in [-0.3, -0.25) is 9.59 Å². The second-order valence-corrected chi connectivity index (χ2v) is 5.79. The first-order chi connectivity index (χ1) is 10.1. The van der Waals surface area contributed by atoms with E-state index in [1.54, 1.807) is 41.9 Å². The molecule has 1 fully saturated rings. The lowest BCUT2D eigenvalue weighted by Crippen LogP contribution is -2.44. The normalized spacial score (nSPS) is 18.7. The van der Waals surface area contributed by atoms with Crippen molar-refractivity contribution in [2.45, 2.75) is 26.3 Å². The third-order valence-corrected chi connectivity index (χ3v) is 4.22. The van der Waals surface area contributed by atoms with Crippen LogP contribution in [0.25, 0.3) is 0 Å². The minimum atomic E-state index is -0.440. The van der Waals surface area contributed by atoms with E-state index in [0.29, 0.717) is 23.0 Å². The Hall–Kier alpha value is -1.82. The predicted octanol–water partition coefficient (Wildman–Crippen LogP) is 2.28. The van der Waals surface area contributed by atoms with Gasteiger partial charge in [0.25, 0.3) is 5.91 Å². The number of allylic oxidation sites excluding steroid dienone is 1. The zero-order valence-electron chi connectivity index (χ0n) is 12.2. The molecule has 0 saturated carbocycles. The van der Waals surface area contributed by atoms with Gasteiger partial charge in [0.15, 0.2) is 0 Å². The highest BCUT2D eigenvalue weighted by Crippen LogP contribution is 2.23. The molecular weight excluding hydrogens is 286 g/mol. The molecule has 2 rings (SSSR count). The van der Waals surface area contributed by atoms with Crippen LogP contribution in [0.2, 0.25) is 0 Å². The lowest BCUT2D eigenvalue weighted by molar-refractivity contribution is -0.133. The van der Waals surface area contributed by atoms with Gasteiger partial charge >= 0.3 is 0 Å². The zero-order valence-corrected chi connectivity index (χ0v) is 13.0. The van der Waals surface area contributed by atoms with Crippen molar-refractivity contribution in [2.75, 3.05) is 16.9 Å². The average molecular weight is 305 g/mol. The molecule has 5 nitrogen and oxygen atoms in total. The Balaban J connectivity index is 2.06. The van der Waals surface area contributed by atoms with E-state index in [0.717, 1.165) is 6.42 Å². The maximum Gasteiger partial charge on any atom is 0.250 e. The minimum Gasteiger partial charge on any atom is -0.317 e. The molecule has 2 heterocycles. The van der Waals surface area contributed by atoms with E-state index in [9.17, 15) is 9.59 Å². The molecule has 0 spiro atoms. The molecule has 6 heteroatoms. The largest absolute Gasteiger partial charge is 0.317 e. The van der Waals surface area contributed by atoms with E-state index >= 15 is 0 Å². The molecule has 112 valence electrons. The number of rotatable bonds is 4. The number of anilines is 1. The predicted molar refractivity (Wildman–Crippen MR) is 84.9 cm³/mol. The van der Waals surface area contributed by atoms with Crippen molar-refractivity contribution in [3.05, 3.63) is 36.0 Å². The molecular formula is C15H19N3O2S. The second-order valence-electron chi connectivity index (χ2n) is 4.79. The Morgan fingerprint density at radius 3 is 3.00 bits per heavy atom. The molecule has 2 amide bonds. The SMILES string of the molecule is CC/C=C(\C)C(=O)N1CSCC1C(=O)Nc1ccccn1. The fraction of sp³-hybridized carbons (Fsp3) is 0.400. The van der Waals surface area contributed by atoms with Crippen LogP contribution >= 0.6 is 11.8 Å². The summed E-state index contributed by atoms with van der Waals surface area (Å²) >= 11 is 1.59. The van der Waals surface area contributed by atoms with Gasteiger partial charge in [-0.05, 0) is 25.5 Å². The first kappa shape index (κ1) is 15.6. The van der Waals surface area contributed by atoms with Crippen molar-refractivity contribution in [3.8, 4) is 0 Å². The summed E-state index contributed by atoms with van der Waals surface area (Å²) in [6.45, 7) is 3.78. The molecule has 1 aliphatic rings. The molecule has 1 aromatic heterocycles. The lowest BCUT2D eigenvalue weighted by atomic mass is 10.2. The van der Waals surface area contributed by atoms with Crippen LogP contribution in [-0.2, 0) is 9.59 Å². The molecule has 0 radical (unpaired) electrons. The van der Waals surface area contributed by atoms with Gasteiger partial charge in [-0.15, -0.1) is 11.8 Å². The maximum atomic E-state index is 12.4. The Morgan fingerprint density at radius 2 is 2.33 bits per heavy atom. The van der Waals surface area contributed by atoms with Crippen molar-refractivity contribution in [2.24, 2.45) is 0 Å². The number of pyridine rings is 1. The molecule has 1 N–H and O–H groups in total.